The third kappa shape index (κ3) is 6.11. The Bertz CT molecular complexity index is 804. The predicted molar refractivity (Wildman–Crippen MR) is 102 cm³/mol. The number of carbonyl (C=O) groups is 2. The molecule has 0 spiro atoms. The lowest BCUT2D eigenvalue weighted by Gasteiger charge is -2.06. The average Bonchev–Trinajstić information content (AvgIpc) is 2.59. The van der Waals surface area contributed by atoms with E-state index in [4.69, 9.17) is 9.47 Å². The van der Waals surface area contributed by atoms with Crippen LogP contribution >= 0.6 is 22.6 Å². The zero-order valence-corrected chi connectivity index (χ0v) is 15.5. The van der Waals surface area contributed by atoms with Crippen molar-refractivity contribution in [2.45, 2.75) is 0 Å². The Balaban J connectivity index is 1.84. The van der Waals surface area contributed by atoms with Gasteiger partial charge < -0.3 is 19.9 Å². The molecule has 7 heteroatoms. The van der Waals surface area contributed by atoms with Crippen molar-refractivity contribution in [2.75, 3.05) is 19.0 Å². The van der Waals surface area contributed by atoms with E-state index in [2.05, 4.69) is 27.9 Å². The first kappa shape index (κ1) is 18.8. The van der Waals surface area contributed by atoms with Crippen LogP contribution in [0.3, 0.4) is 0 Å². The van der Waals surface area contributed by atoms with Gasteiger partial charge in [0, 0.05) is 15.3 Å². The number of anilines is 1. The topological polar surface area (TPSA) is 84.9 Å². The number of phenolic OH excluding ortho intramolecular Hbond substituents is 1. The second kappa shape index (κ2) is 9.07. The first-order chi connectivity index (χ1) is 12.0. The number of ether oxygens (including phenoxy) is 2. The summed E-state index contributed by atoms with van der Waals surface area (Å²) < 4.78 is 10.9. The molecule has 0 bridgehead atoms. The number of rotatable bonds is 6. The molecule has 0 heterocycles. The fourth-order valence-corrected chi connectivity index (χ4v) is 2.45. The number of esters is 1. The van der Waals surface area contributed by atoms with Gasteiger partial charge in [-0.2, -0.15) is 0 Å². The number of amides is 1. The number of hydrogen-bond acceptors (Lipinski definition) is 5. The van der Waals surface area contributed by atoms with Crippen molar-refractivity contribution in [1.82, 2.24) is 0 Å². The summed E-state index contributed by atoms with van der Waals surface area (Å²) in [7, 11) is 1.43. The van der Waals surface area contributed by atoms with Gasteiger partial charge in [0.05, 0.1) is 7.11 Å². The Labute approximate surface area is 158 Å². The molecule has 2 aromatic rings. The second-order valence-corrected chi connectivity index (χ2v) is 6.18. The van der Waals surface area contributed by atoms with Crippen molar-refractivity contribution in [2.24, 2.45) is 0 Å². The van der Waals surface area contributed by atoms with Crippen LogP contribution < -0.4 is 10.1 Å². The first-order valence-electron chi connectivity index (χ1n) is 7.25. The minimum atomic E-state index is -0.648. The van der Waals surface area contributed by atoms with E-state index < -0.39 is 11.9 Å². The quantitative estimate of drug-likeness (QED) is 0.399. The summed E-state index contributed by atoms with van der Waals surface area (Å²) in [6.45, 7) is -0.381. The number of phenols is 1. The predicted octanol–water partition coefficient (Wildman–Crippen LogP) is 3.20. The highest BCUT2D eigenvalue weighted by molar-refractivity contribution is 14.1. The smallest absolute Gasteiger partial charge is 0.331 e. The molecule has 0 saturated heterocycles. The van der Waals surface area contributed by atoms with Crippen molar-refractivity contribution in [1.29, 1.82) is 0 Å². The van der Waals surface area contributed by atoms with Crippen LogP contribution in [0.2, 0.25) is 0 Å². The Morgan fingerprint density at radius 2 is 2.04 bits per heavy atom. The van der Waals surface area contributed by atoms with E-state index in [9.17, 15) is 14.7 Å². The van der Waals surface area contributed by atoms with Gasteiger partial charge in [0.2, 0.25) is 0 Å². The van der Waals surface area contributed by atoms with E-state index in [-0.39, 0.29) is 12.4 Å². The zero-order valence-electron chi connectivity index (χ0n) is 13.4. The van der Waals surface area contributed by atoms with Gasteiger partial charge in [0.15, 0.2) is 18.1 Å². The fourth-order valence-electron chi connectivity index (χ4n) is 1.91. The van der Waals surface area contributed by atoms with E-state index in [1.54, 1.807) is 24.3 Å². The van der Waals surface area contributed by atoms with Crippen LogP contribution in [0.4, 0.5) is 5.69 Å². The molecule has 0 aliphatic heterocycles. The van der Waals surface area contributed by atoms with Crippen molar-refractivity contribution in [3.05, 3.63) is 57.7 Å². The van der Waals surface area contributed by atoms with E-state index in [1.807, 2.05) is 12.1 Å². The molecule has 6 nitrogen and oxygen atoms in total. The van der Waals surface area contributed by atoms with Crippen molar-refractivity contribution in [3.8, 4) is 11.5 Å². The van der Waals surface area contributed by atoms with Gasteiger partial charge >= 0.3 is 5.97 Å². The van der Waals surface area contributed by atoms with Crippen LogP contribution in [-0.4, -0.2) is 30.7 Å². The standard InChI is InChI=1S/C18H16INO5/c1-24-16-9-12(5-7-15(16)21)6-8-18(23)25-11-17(22)20-14-4-2-3-13(19)10-14/h2-10,21H,11H2,1H3,(H,20,22). The summed E-state index contributed by atoms with van der Waals surface area (Å²) in [5, 5.41) is 12.2. The van der Waals surface area contributed by atoms with Gasteiger partial charge in [-0.25, -0.2) is 4.79 Å². The molecule has 0 aromatic heterocycles. The van der Waals surface area contributed by atoms with Crippen LogP contribution in [0.25, 0.3) is 6.08 Å². The molecule has 0 atom stereocenters. The highest BCUT2D eigenvalue weighted by Crippen LogP contribution is 2.26. The molecule has 2 aromatic carbocycles. The molecule has 0 aliphatic carbocycles. The number of aromatic hydroxyl groups is 1. The summed E-state index contributed by atoms with van der Waals surface area (Å²) in [5.74, 6) is -0.762. The van der Waals surface area contributed by atoms with Gasteiger partial charge in [-0.05, 0) is 64.6 Å². The maximum atomic E-state index is 11.8. The third-order valence-electron chi connectivity index (χ3n) is 3.07. The molecular weight excluding hydrogens is 437 g/mol. The van der Waals surface area contributed by atoms with Gasteiger partial charge in [0.1, 0.15) is 0 Å². The Morgan fingerprint density at radius 3 is 2.76 bits per heavy atom. The zero-order chi connectivity index (χ0) is 18.2. The maximum Gasteiger partial charge on any atom is 0.331 e. The Kier molecular flexibility index (Phi) is 6.81. The summed E-state index contributed by atoms with van der Waals surface area (Å²) in [4.78, 5) is 23.4. The lowest BCUT2D eigenvalue weighted by Crippen LogP contribution is -2.20. The largest absolute Gasteiger partial charge is 0.504 e. The molecule has 0 saturated carbocycles. The molecule has 0 fully saturated rings. The number of benzene rings is 2. The normalized spacial score (nSPS) is 10.5. The van der Waals surface area contributed by atoms with Crippen molar-refractivity contribution in [3.63, 3.8) is 0 Å². The summed E-state index contributed by atoms with van der Waals surface area (Å²) in [5.41, 5.74) is 1.29. The Morgan fingerprint density at radius 1 is 1.24 bits per heavy atom. The highest BCUT2D eigenvalue weighted by atomic mass is 127. The molecule has 1 amide bonds. The summed E-state index contributed by atoms with van der Waals surface area (Å²) >= 11 is 2.14. The summed E-state index contributed by atoms with van der Waals surface area (Å²) in [6.07, 6.45) is 2.70. The van der Waals surface area contributed by atoms with Crippen LogP contribution in [0, 0.1) is 3.57 Å². The van der Waals surface area contributed by atoms with E-state index >= 15 is 0 Å². The van der Waals surface area contributed by atoms with E-state index in [0.717, 1.165) is 3.57 Å². The molecule has 2 rings (SSSR count). The molecule has 0 aliphatic rings. The molecule has 0 radical (unpaired) electrons. The number of carbonyl (C=O) groups excluding carboxylic acids is 2. The highest BCUT2D eigenvalue weighted by Gasteiger charge is 2.06. The van der Waals surface area contributed by atoms with Crippen molar-refractivity contribution < 1.29 is 24.2 Å². The molecule has 2 N–H and O–H groups in total. The SMILES string of the molecule is COc1cc(C=CC(=O)OCC(=O)Nc2cccc(I)c2)ccc1O. The maximum absolute atomic E-state index is 11.8. The van der Waals surface area contributed by atoms with E-state index in [0.29, 0.717) is 17.0 Å². The van der Waals surface area contributed by atoms with Crippen molar-refractivity contribution >= 4 is 46.2 Å². The molecule has 0 unspecified atom stereocenters. The van der Waals surface area contributed by atoms with Gasteiger partial charge in [-0.1, -0.05) is 12.1 Å². The number of halogens is 1. The Hall–Kier alpha value is -2.55. The second-order valence-electron chi connectivity index (χ2n) is 4.93. The minimum absolute atomic E-state index is 0.00877. The number of hydrogen-bond donors (Lipinski definition) is 2. The van der Waals surface area contributed by atoms with Crippen LogP contribution in [0.1, 0.15) is 5.56 Å². The lowest BCUT2D eigenvalue weighted by atomic mass is 10.2. The summed E-state index contributed by atoms with van der Waals surface area (Å²) in [6, 6.07) is 11.9. The minimum Gasteiger partial charge on any atom is -0.504 e. The van der Waals surface area contributed by atoms with Crippen LogP contribution in [0.5, 0.6) is 11.5 Å². The van der Waals surface area contributed by atoms with Gasteiger partial charge in [-0.15, -0.1) is 0 Å². The first-order valence-corrected chi connectivity index (χ1v) is 8.33. The monoisotopic (exact) mass is 453 g/mol. The van der Waals surface area contributed by atoms with Crippen LogP contribution in [0.15, 0.2) is 48.5 Å². The number of methoxy groups -OCH3 is 1. The van der Waals surface area contributed by atoms with E-state index in [1.165, 1.54) is 25.3 Å². The lowest BCUT2D eigenvalue weighted by molar-refractivity contribution is -0.142. The van der Waals surface area contributed by atoms with Gasteiger partial charge in [0.25, 0.3) is 5.91 Å². The molecule has 25 heavy (non-hydrogen) atoms. The fraction of sp³-hybridized carbons (Fsp3) is 0.111. The molecule has 130 valence electrons. The molecular formula is C18H16INO5. The van der Waals surface area contributed by atoms with Crippen LogP contribution in [-0.2, 0) is 14.3 Å². The van der Waals surface area contributed by atoms with Gasteiger partial charge in [-0.3, -0.25) is 4.79 Å². The number of nitrogens with one attached hydrogen (secondary N) is 1. The third-order valence-corrected chi connectivity index (χ3v) is 3.74. The average molecular weight is 453 g/mol.